The van der Waals surface area contributed by atoms with E-state index < -0.39 is 20.2 Å². The van der Waals surface area contributed by atoms with Crippen molar-refractivity contribution in [1.82, 2.24) is 17.8 Å². The summed E-state index contributed by atoms with van der Waals surface area (Å²) in [5.74, 6) is 0. The molecule has 2 saturated heterocycles. The fourth-order valence-corrected chi connectivity index (χ4v) is 7.56. The van der Waals surface area contributed by atoms with E-state index in [1.54, 1.807) is 17.5 Å². The van der Waals surface area contributed by atoms with E-state index in [0.29, 0.717) is 30.3 Å². The van der Waals surface area contributed by atoms with E-state index in [4.69, 9.17) is 0 Å². The van der Waals surface area contributed by atoms with Crippen LogP contribution < -0.4 is 0 Å². The van der Waals surface area contributed by atoms with E-state index in [1.165, 1.54) is 38.3 Å². The summed E-state index contributed by atoms with van der Waals surface area (Å²) in [6.45, 7) is 3.61. The average Bonchev–Trinajstić information content (AvgIpc) is 3.37. The summed E-state index contributed by atoms with van der Waals surface area (Å²) in [7, 11) is -4.13. The highest BCUT2D eigenvalue weighted by Crippen LogP contribution is 2.27. The SMILES string of the molecule is CN(C)S(=O)(=O)N(CCN1CCCC1)C1CCN(S(=O)(=O)c2cccs2)C1. The summed E-state index contributed by atoms with van der Waals surface area (Å²) in [6, 6.07) is 2.97. The highest BCUT2D eigenvalue weighted by atomic mass is 32.2. The van der Waals surface area contributed by atoms with E-state index in [9.17, 15) is 16.8 Å². The molecule has 27 heavy (non-hydrogen) atoms. The molecule has 0 saturated carbocycles. The fourth-order valence-electron chi connectivity index (χ4n) is 3.64. The highest BCUT2D eigenvalue weighted by molar-refractivity contribution is 7.91. The molecule has 11 heteroatoms. The third-order valence-electron chi connectivity index (χ3n) is 5.22. The quantitative estimate of drug-likeness (QED) is 0.600. The first kappa shape index (κ1) is 21.2. The van der Waals surface area contributed by atoms with Crippen LogP contribution in [0, 0.1) is 0 Å². The Balaban J connectivity index is 1.74. The Hall–Kier alpha value is -0.560. The minimum Gasteiger partial charge on any atom is -0.302 e. The molecule has 1 aromatic rings. The van der Waals surface area contributed by atoms with Crippen molar-refractivity contribution in [3.8, 4) is 0 Å². The minimum atomic E-state index is -3.62. The molecular weight excluding hydrogens is 408 g/mol. The van der Waals surface area contributed by atoms with Gasteiger partial charge >= 0.3 is 0 Å². The molecule has 2 aliphatic heterocycles. The second-order valence-corrected chi connectivity index (χ2v) is 12.4. The molecule has 0 aliphatic carbocycles. The van der Waals surface area contributed by atoms with Gasteiger partial charge in [0.2, 0.25) is 0 Å². The van der Waals surface area contributed by atoms with Gasteiger partial charge in [0.15, 0.2) is 0 Å². The summed E-state index contributed by atoms with van der Waals surface area (Å²) >= 11 is 1.19. The lowest BCUT2D eigenvalue weighted by molar-refractivity contribution is 0.252. The lowest BCUT2D eigenvalue weighted by Crippen LogP contribution is -2.50. The van der Waals surface area contributed by atoms with Gasteiger partial charge in [-0.05, 0) is 43.8 Å². The van der Waals surface area contributed by atoms with Gasteiger partial charge in [0.25, 0.3) is 20.2 Å². The lowest BCUT2D eigenvalue weighted by atomic mass is 10.2. The average molecular weight is 437 g/mol. The number of nitrogens with zero attached hydrogens (tertiary/aromatic N) is 4. The van der Waals surface area contributed by atoms with Gasteiger partial charge in [-0.2, -0.15) is 21.3 Å². The third kappa shape index (κ3) is 4.55. The Morgan fingerprint density at radius 1 is 1.15 bits per heavy atom. The zero-order valence-corrected chi connectivity index (χ0v) is 18.3. The number of sulfonamides is 1. The van der Waals surface area contributed by atoms with Crippen LogP contribution in [0.2, 0.25) is 0 Å². The number of thiophene rings is 1. The van der Waals surface area contributed by atoms with Crippen LogP contribution >= 0.6 is 11.3 Å². The van der Waals surface area contributed by atoms with Crippen molar-refractivity contribution in [3.05, 3.63) is 17.5 Å². The molecule has 2 fully saturated rings. The van der Waals surface area contributed by atoms with E-state index in [1.807, 2.05) is 0 Å². The maximum Gasteiger partial charge on any atom is 0.281 e. The number of hydrogen-bond acceptors (Lipinski definition) is 6. The van der Waals surface area contributed by atoms with E-state index >= 15 is 0 Å². The van der Waals surface area contributed by atoms with Gasteiger partial charge in [0.1, 0.15) is 4.21 Å². The van der Waals surface area contributed by atoms with Crippen LogP contribution in [0.4, 0.5) is 0 Å². The second kappa shape index (κ2) is 8.44. The van der Waals surface area contributed by atoms with Gasteiger partial charge in [0, 0.05) is 46.3 Å². The molecule has 1 atom stereocenters. The van der Waals surface area contributed by atoms with Crippen molar-refractivity contribution in [2.45, 2.75) is 29.5 Å². The Labute approximate surface area is 166 Å². The van der Waals surface area contributed by atoms with E-state index in [-0.39, 0.29) is 12.6 Å². The Morgan fingerprint density at radius 2 is 1.85 bits per heavy atom. The highest BCUT2D eigenvalue weighted by Gasteiger charge is 2.40. The van der Waals surface area contributed by atoms with Crippen molar-refractivity contribution in [2.24, 2.45) is 0 Å². The topological polar surface area (TPSA) is 81.2 Å². The van der Waals surface area contributed by atoms with Gasteiger partial charge in [0.05, 0.1) is 0 Å². The molecular formula is C16H28N4O4S3. The van der Waals surface area contributed by atoms with Crippen molar-refractivity contribution in [2.75, 3.05) is 53.4 Å². The fraction of sp³-hybridized carbons (Fsp3) is 0.750. The van der Waals surface area contributed by atoms with E-state index in [0.717, 1.165) is 25.9 Å². The van der Waals surface area contributed by atoms with Gasteiger partial charge in [-0.25, -0.2) is 8.42 Å². The van der Waals surface area contributed by atoms with Gasteiger partial charge in [-0.3, -0.25) is 0 Å². The molecule has 3 rings (SSSR count). The van der Waals surface area contributed by atoms with Crippen LogP contribution in [0.3, 0.4) is 0 Å². The molecule has 0 radical (unpaired) electrons. The van der Waals surface area contributed by atoms with Crippen LogP contribution in [-0.2, 0) is 20.2 Å². The van der Waals surface area contributed by atoms with Crippen LogP contribution in [0.25, 0.3) is 0 Å². The normalized spacial score (nSPS) is 23.0. The van der Waals surface area contributed by atoms with Crippen LogP contribution in [0.15, 0.2) is 21.7 Å². The molecule has 2 aliphatic rings. The molecule has 0 amide bonds. The first-order chi connectivity index (χ1) is 12.7. The predicted octanol–water partition coefficient (Wildman–Crippen LogP) is 0.715. The first-order valence-corrected chi connectivity index (χ1v) is 12.9. The van der Waals surface area contributed by atoms with Crippen LogP contribution in [0.5, 0.6) is 0 Å². The maximum absolute atomic E-state index is 12.9. The van der Waals surface area contributed by atoms with Crippen LogP contribution in [-0.4, -0.2) is 94.1 Å². The Morgan fingerprint density at radius 3 is 2.44 bits per heavy atom. The number of hydrogen-bond donors (Lipinski definition) is 0. The molecule has 8 nitrogen and oxygen atoms in total. The zero-order valence-electron chi connectivity index (χ0n) is 15.8. The zero-order chi connectivity index (χ0) is 19.7. The first-order valence-electron chi connectivity index (χ1n) is 9.18. The van der Waals surface area contributed by atoms with Crippen molar-refractivity contribution in [1.29, 1.82) is 0 Å². The maximum atomic E-state index is 12.9. The van der Waals surface area contributed by atoms with Crippen molar-refractivity contribution in [3.63, 3.8) is 0 Å². The molecule has 154 valence electrons. The summed E-state index contributed by atoms with van der Waals surface area (Å²) in [6.07, 6.45) is 2.81. The Kier molecular flexibility index (Phi) is 6.61. The van der Waals surface area contributed by atoms with Crippen LogP contribution in [0.1, 0.15) is 19.3 Å². The molecule has 1 unspecified atom stereocenters. The molecule has 0 bridgehead atoms. The molecule has 0 aromatic carbocycles. The second-order valence-electron chi connectivity index (χ2n) is 7.19. The van der Waals surface area contributed by atoms with Crippen molar-refractivity contribution >= 4 is 31.6 Å². The smallest absolute Gasteiger partial charge is 0.281 e. The summed E-state index contributed by atoms with van der Waals surface area (Å²) in [4.78, 5) is 2.27. The predicted molar refractivity (Wildman–Crippen MR) is 106 cm³/mol. The molecule has 3 heterocycles. The summed E-state index contributed by atoms with van der Waals surface area (Å²) in [5.41, 5.74) is 0. The number of likely N-dealkylation sites (tertiary alicyclic amines) is 1. The summed E-state index contributed by atoms with van der Waals surface area (Å²) < 4.78 is 55.7. The third-order valence-corrected chi connectivity index (χ3v) is 10.5. The van der Waals surface area contributed by atoms with Gasteiger partial charge in [-0.1, -0.05) is 6.07 Å². The number of rotatable bonds is 8. The lowest BCUT2D eigenvalue weighted by Gasteiger charge is -2.31. The molecule has 0 spiro atoms. The van der Waals surface area contributed by atoms with Crippen molar-refractivity contribution < 1.29 is 16.8 Å². The van der Waals surface area contributed by atoms with Gasteiger partial charge < -0.3 is 4.90 Å². The largest absolute Gasteiger partial charge is 0.302 e. The Bertz CT molecular complexity index is 818. The molecule has 0 N–H and O–H groups in total. The minimum absolute atomic E-state index is 0.202. The summed E-state index contributed by atoms with van der Waals surface area (Å²) in [5, 5.41) is 1.74. The monoisotopic (exact) mass is 436 g/mol. The molecule has 1 aromatic heterocycles. The van der Waals surface area contributed by atoms with E-state index in [2.05, 4.69) is 4.90 Å². The standard InChI is InChI=1S/C16H28N4O4S3/c1-17(2)27(23,24)20(12-11-18-8-3-4-9-18)15-7-10-19(14-15)26(21,22)16-6-5-13-25-16/h5-6,13,15H,3-4,7-12,14H2,1-2H3. The van der Waals surface area contributed by atoms with Gasteiger partial charge in [-0.15, -0.1) is 11.3 Å².